The van der Waals surface area contributed by atoms with Gasteiger partial charge in [-0.05, 0) is 45.2 Å². The molecule has 2 N–H and O–H groups in total. The van der Waals surface area contributed by atoms with Crippen molar-refractivity contribution in [2.45, 2.75) is 51.7 Å². The van der Waals surface area contributed by atoms with E-state index in [9.17, 15) is 14.4 Å². The number of carbonyl (C=O) groups is 3. The van der Waals surface area contributed by atoms with Gasteiger partial charge in [0, 0.05) is 57.1 Å². The van der Waals surface area contributed by atoms with E-state index in [1.165, 1.54) is 16.9 Å². The van der Waals surface area contributed by atoms with E-state index < -0.39 is 5.91 Å². The molecule has 0 spiro atoms. The third kappa shape index (κ3) is 7.27. The van der Waals surface area contributed by atoms with Crippen LogP contribution in [0.4, 0.5) is 5.82 Å². The minimum atomic E-state index is -0.431. The van der Waals surface area contributed by atoms with Crippen LogP contribution in [0, 0.1) is 0 Å². The SMILES string of the molecule is CC(C)N1CCC(NC(=O)c2cc(C(=O)N3CCCOCC3)nn2CC(=O)Nc2ccc(Cl)cn2)CC1. The number of rotatable bonds is 7. The van der Waals surface area contributed by atoms with E-state index in [0.29, 0.717) is 43.2 Å². The van der Waals surface area contributed by atoms with Crippen molar-refractivity contribution in [2.75, 3.05) is 44.7 Å². The predicted octanol–water partition coefficient (Wildman–Crippen LogP) is 2.04. The first-order chi connectivity index (χ1) is 17.8. The lowest BCUT2D eigenvalue weighted by atomic mass is 10.0. The summed E-state index contributed by atoms with van der Waals surface area (Å²) in [6.45, 7) is 7.92. The molecule has 12 heteroatoms. The minimum absolute atomic E-state index is 0.0138. The highest BCUT2D eigenvalue weighted by molar-refractivity contribution is 6.30. The van der Waals surface area contributed by atoms with Crippen LogP contribution in [-0.2, 0) is 16.1 Å². The van der Waals surface area contributed by atoms with Crippen molar-refractivity contribution in [2.24, 2.45) is 0 Å². The van der Waals surface area contributed by atoms with Crippen molar-refractivity contribution in [3.63, 3.8) is 0 Å². The Hall–Kier alpha value is -3.02. The van der Waals surface area contributed by atoms with Crippen LogP contribution < -0.4 is 10.6 Å². The fraction of sp³-hybridized carbons (Fsp3) is 0.560. The standard InChI is InChI=1S/C25H34ClN7O4/c1-17(2)31-9-6-19(7-10-31)28-24(35)21-14-20(25(36)32-8-3-12-37-13-11-32)30-33(21)16-23(34)29-22-5-4-18(26)15-27-22/h4-5,14-15,17,19H,3,6-13,16H2,1-2H3,(H,28,35)(H,27,29,34). The van der Waals surface area contributed by atoms with E-state index in [-0.39, 0.29) is 35.8 Å². The van der Waals surface area contributed by atoms with Crippen molar-refractivity contribution in [1.29, 1.82) is 0 Å². The summed E-state index contributed by atoms with van der Waals surface area (Å²) < 4.78 is 6.73. The quantitative estimate of drug-likeness (QED) is 0.560. The number of piperidine rings is 1. The third-order valence-corrected chi connectivity index (χ3v) is 6.85. The van der Waals surface area contributed by atoms with Gasteiger partial charge in [0.25, 0.3) is 11.8 Å². The maximum absolute atomic E-state index is 13.3. The molecule has 2 saturated heterocycles. The minimum Gasteiger partial charge on any atom is -0.380 e. The zero-order chi connectivity index (χ0) is 26.4. The van der Waals surface area contributed by atoms with E-state index in [1.54, 1.807) is 17.0 Å². The Balaban J connectivity index is 1.50. The third-order valence-electron chi connectivity index (χ3n) is 6.62. The Bertz CT molecular complexity index is 1090. The van der Waals surface area contributed by atoms with Crippen LogP contribution in [0.15, 0.2) is 24.4 Å². The smallest absolute Gasteiger partial charge is 0.274 e. The van der Waals surface area contributed by atoms with E-state index >= 15 is 0 Å². The van der Waals surface area contributed by atoms with Gasteiger partial charge in [0.15, 0.2) is 5.69 Å². The number of amides is 3. The highest BCUT2D eigenvalue weighted by Crippen LogP contribution is 2.16. The second kappa shape index (κ2) is 12.5. The number of halogens is 1. The van der Waals surface area contributed by atoms with Gasteiger partial charge in [-0.15, -0.1) is 0 Å². The Kier molecular flexibility index (Phi) is 9.12. The van der Waals surface area contributed by atoms with Crippen LogP contribution in [0.2, 0.25) is 5.02 Å². The molecule has 0 aromatic carbocycles. The Morgan fingerprint density at radius 3 is 2.62 bits per heavy atom. The second-order valence-electron chi connectivity index (χ2n) is 9.62. The molecular weight excluding hydrogens is 498 g/mol. The summed E-state index contributed by atoms with van der Waals surface area (Å²) >= 11 is 5.86. The normalized spacial score (nSPS) is 17.5. The van der Waals surface area contributed by atoms with E-state index in [4.69, 9.17) is 16.3 Å². The summed E-state index contributed by atoms with van der Waals surface area (Å²) in [5.74, 6) is -0.751. The van der Waals surface area contributed by atoms with E-state index in [0.717, 1.165) is 32.4 Å². The molecule has 0 bridgehead atoms. The molecule has 2 aliphatic heterocycles. The monoisotopic (exact) mass is 531 g/mol. The molecule has 200 valence electrons. The number of likely N-dealkylation sites (tertiary alicyclic amines) is 1. The lowest BCUT2D eigenvalue weighted by Crippen LogP contribution is -2.47. The van der Waals surface area contributed by atoms with Gasteiger partial charge in [-0.2, -0.15) is 5.10 Å². The first-order valence-corrected chi connectivity index (χ1v) is 13.1. The topological polar surface area (TPSA) is 122 Å². The Morgan fingerprint density at radius 1 is 1.14 bits per heavy atom. The number of hydrogen-bond acceptors (Lipinski definition) is 7. The van der Waals surface area contributed by atoms with Gasteiger partial charge in [-0.25, -0.2) is 9.67 Å². The summed E-state index contributed by atoms with van der Waals surface area (Å²) in [4.78, 5) is 47.4. The van der Waals surface area contributed by atoms with E-state index in [1.807, 2.05) is 0 Å². The second-order valence-corrected chi connectivity index (χ2v) is 10.1. The highest BCUT2D eigenvalue weighted by atomic mass is 35.5. The largest absolute Gasteiger partial charge is 0.380 e. The lowest BCUT2D eigenvalue weighted by Gasteiger charge is -2.34. The maximum Gasteiger partial charge on any atom is 0.274 e. The van der Waals surface area contributed by atoms with Crippen molar-refractivity contribution in [3.8, 4) is 0 Å². The maximum atomic E-state index is 13.3. The fourth-order valence-corrected chi connectivity index (χ4v) is 4.64. The van der Waals surface area contributed by atoms with Crippen molar-refractivity contribution < 1.29 is 19.1 Å². The average molecular weight is 532 g/mol. The number of nitrogens with zero attached hydrogens (tertiary/aromatic N) is 5. The van der Waals surface area contributed by atoms with Gasteiger partial charge < -0.3 is 25.2 Å². The molecule has 2 aromatic rings. The van der Waals surface area contributed by atoms with Crippen molar-refractivity contribution in [1.82, 2.24) is 29.9 Å². The van der Waals surface area contributed by atoms with Crippen LogP contribution in [-0.4, -0.2) is 93.8 Å². The molecule has 0 atom stereocenters. The lowest BCUT2D eigenvalue weighted by molar-refractivity contribution is -0.116. The van der Waals surface area contributed by atoms with Gasteiger partial charge in [0.05, 0.1) is 11.6 Å². The Labute approximate surface area is 221 Å². The molecule has 0 unspecified atom stereocenters. The van der Waals surface area contributed by atoms with Gasteiger partial charge in [-0.1, -0.05) is 11.6 Å². The molecule has 3 amide bonds. The molecule has 11 nitrogen and oxygen atoms in total. The van der Waals surface area contributed by atoms with Crippen molar-refractivity contribution >= 4 is 35.1 Å². The molecule has 2 aromatic heterocycles. The first kappa shape index (κ1) is 27.0. The number of hydrogen-bond donors (Lipinski definition) is 2. The molecular formula is C25H34ClN7O4. The fourth-order valence-electron chi connectivity index (χ4n) is 4.52. The number of anilines is 1. The number of carbonyl (C=O) groups excluding carboxylic acids is 3. The Morgan fingerprint density at radius 2 is 1.92 bits per heavy atom. The van der Waals surface area contributed by atoms with Gasteiger partial charge in [0.2, 0.25) is 5.91 Å². The number of nitrogens with one attached hydrogen (secondary N) is 2. The zero-order valence-electron chi connectivity index (χ0n) is 21.3. The average Bonchev–Trinajstić information content (AvgIpc) is 3.10. The number of ether oxygens (including phenoxy) is 1. The zero-order valence-corrected chi connectivity index (χ0v) is 22.0. The van der Waals surface area contributed by atoms with Crippen LogP contribution >= 0.6 is 11.6 Å². The first-order valence-electron chi connectivity index (χ1n) is 12.7. The molecule has 4 heterocycles. The molecule has 0 radical (unpaired) electrons. The number of pyridine rings is 1. The molecule has 2 fully saturated rings. The summed E-state index contributed by atoms with van der Waals surface area (Å²) in [6, 6.07) is 5.14. The van der Waals surface area contributed by atoms with Crippen LogP contribution in [0.1, 0.15) is 54.1 Å². The molecule has 2 aliphatic rings. The summed E-state index contributed by atoms with van der Waals surface area (Å²) in [7, 11) is 0. The van der Waals surface area contributed by atoms with Crippen molar-refractivity contribution in [3.05, 3.63) is 40.8 Å². The molecule has 0 aliphatic carbocycles. The summed E-state index contributed by atoms with van der Waals surface area (Å²) in [6.07, 6.45) is 3.82. The summed E-state index contributed by atoms with van der Waals surface area (Å²) in [5, 5.41) is 10.6. The van der Waals surface area contributed by atoms with Crippen LogP contribution in [0.25, 0.3) is 0 Å². The van der Waals surface area contributed by atoms with Crippen LogP contribution in [0.5, 0.6) is 0 Å². The van der Waals surface area contributed by atoms with E-state index in [2.05, 4.69) is 39.5 Å². The molecule has 0 saturated carbocycles. The summed E-state index contributed by atoms with van der Waals surface area (Å²) in [5.41, 5.74) is 0.291. The molecule has 37 heavy (non-hydrogen) atoms. The van der Waals surface area contributed by atoms with Gasteiger partial charge >= 0.3 is 0 Å². The predicted molar refractivity (Wildman–Crippen MR) is 139 cm³/mol. The van der Waals surface area contributed by atoms with Gasteiger partial charge in [0.1, 0.15) is 18.1 Å². The highest BCUT2D eigenvalue weighted by Gasteiger charge is 2.27. The number of aromatic nitrogens is 3. The molecule has 4 rings (SSSR count). The van der Waals surface area contributed by atoms with Gasteiger partial charge in [-0.3, -0.25) is 14.4 Å². The van der Waals surface area contributed by atoms with Crippen LogP contribution in [0.3, 0.4) is 0 Å².